The van der Waals surface area contributed by atoms with E-state index in [9.17, 15) is 10.1 Å². The molecule has 12 heavy (non-hydrogen) atoms. The van der Waals surface area contributed by atoms with Crippen LogP contribution in [0.1, 0.15) is 40.5 Å². The molecule has 4 heteroatoms. The van der Waals surface area contributed by atoms with Crippen molar-refractivity contribution in [3.63, 3.8) is 0 Å². The summed E-state index contributed by atoms with van der Waals surface area (Å²) >= 11 is 0. The fraction of sp³-hybridized carbons (Fsp3) is 1.00. The van der Waals surface area contributed by atoms with Crippen LogP contribution in [0.3, 0.4) is 0 Å². The van der Waals surface area contributed by atoms with Crippen LogP contribution >= 0.6 is 0 Å². The zero-order chi connectivity index (χ0) is 9.78. The molecule has 0 spiro atoms. The maximum absolute atomic E-state index is 9.97. The highest BCUT2D eigenvalue weighted by Gasteiger charge is 2.20. The quantitative estimate of drug-likeness (QED) is 0.476. The first kappa shape index (κ1) is 11.2. The molecule has 1 unspecified atom stereocenters. The maximum Gasteiger partial charge on any atom is 0.294 e. The second kappa shape index (κ2) is 4.28. The summed E-state index contributed by atoms with van der Waals surface area (Å²) in [5.41, 5.74) is 0.120. The van der Waals surface area contributed by atoms with E-state index < -0.39 is 5.09 Å². The second-order valence-corrected chi connectivity index (χ2v) is 3.86. The Kier molecular flexibility index (Phi) is 4.00. The summed E-state index contributed by atoms with van der Waals surface area (Å²) in [6.45, 7) is 7.94. The summed E-state index contributed by atoms with van der Waals surface area (Å²) in [5, 5.41) is 9.24. The molecule has 0 rings (SSSR count). The monoisotopic (exact) mass is 175 g/mol. The van der Waals surface area contributed by atoms with Crippen molar-refractivity contribution in [2.45, 2.75) is 46.6 Å². The summed E-state index contributed by atoms with van der Waals surface area (Å²) in [7, 11) is 0. The fourth-order valence-corrected chi connectivity index (χ4v) is 1.11. The van der Waals surface area contributed by atoms with Crippen LogP contribution in [0.25, 0.3) is 0 Å². The van der Waals surface area contributed by atoms with Crippen LogP contribution in [-0.4, -0.2) is 11.2 Å². The van der Waals surface area contributed by atoms with Crippen LogP contribution in [0.5, 0.6) is 0 Å². The van der Waals surface area contributed by atoms with Gasteiger partial charge >= 0.3 is 0 Å². The Balaban J connectivity index is 3.83. The van der Waals surface area contributed by atoms with Crippen LogP contribution in [0, 0.1) is 15.5 Å². The van der Waals surface area contributed by atoms with Crippen molar-refractivity contribution >= 4 is 0 Å². The molecule has 0 aliphatic rings. The Hall–Kier alpha value is -0.800. The van der Waals surface area contributed by atoms with E-state index >= 15 is 0 Å². The Morgan fingerprint density at radius 1 is 1.58 bits per heavy atom. The first-order valence-corrected chi connectivity index (χ1v) is 4.18. The third kappa shape index (κ3) is 4.93. The normalized spacial score (nSPS) is 14.0. The van der Waals surface area contributed by atoms with Crippen LogP contribution in [-0.2, 0) is 4.84 Å². The van der Waals surface area contributed by atoms with Crippen LogP contribution in [0.2, 0.25) is 0 Å². The highest BCUT2D eigenvalue weighted by Crippen LogP contribution is 2.26. The number of rotatable bonds is 5. The van der Waals surface area contributed by atoms with Gasteiger partial charge in [-0.25, -0.2) is 0 Å². The van der Waals surface area contributed by atoms with Crippen LogP contribution in [0.4, 0.5) is 0 Å². The lowest BCUT2D eigenvalue weighted by Crippen LogP contribution is -2.22. The van der Waals surface area contributed by atoms with Crippen molar-refractivity contribution in [1.82, 2.24) is 0 Å². The van der Waals surface area contributed by atoms with Gasteiger partial charge in [0.2, 0.25) is 0 Å². The summed E-state index contributed by atoms with van der Waals surface area (Å²) in [5.74, 6) is 0. The summed E-state index contributed by atoms with van der Waals surface area (Å²) in [4.78, 5) is 14.4. The van der Waals surface area contributed by atoms with Gasteiger partial charge in [-0.05, 0) is 18.8 Å². The molecule has 4 nitrogen and oxygen atoms in total. The topological polar surface area (TPSA) is 52.4 Å². The molecular weight excluding hydrogens is 158 g/mol. The molecule has 0 aromatic rings. The molecule has 0 aliphatic carbocycles. The SMILES string of the molecule is CCC(C)(C)CC(C)O[N+](=O)[O-]. The predicted octanol–water partition coefficient (Wildman–Crippen LogP) is 2.41. The number of nitrogens with zero attached hydrogens (tertiary/aromatic N) is 1. The van der Waals surface area contributed by atoms with E-state index in [1.165, 1.54) is 0 Å². The van der Waals surface area contributed by atoms with E-state index in [4.69, 9.17) is 0 Å². The smallest absolute Gasteiger partial charge is 0.294 e. The third-order valence-corrected chi connectivity index (χ3v) is 2.06. The molecule has 0 aromatic carbocycles. The Morgan fingerprint density at radius 2 is 2.08 bits per heavy atom. The molecule has 72 valence electrons. The average molecular weight is 175 g/mol. The van der Waals surface area contributed by atoms with E-state index in [1.807, 2.05) is 0 Å². The standard InChI is InChI=1S/C8H17NO3/c1-5-8(3,4)6-7(2)12-9(10)11/h7H,5-6H2,1-4H3. The van der Waals surface area contributed by atoms with E-state index in [0.717, 1.165) is 6.42 Å². The molecule has 0 heterocycles. The maximum atomic E-state index is 9.97. The van der Waals surface area contributed by atoms with Gasteiger partial charge in [0.15, 0.2) is 0 Å². The average Bonchev–Trinajstić information content (AvgIpc) is 1.84. The summed E-state index contributed by atoms with van der Waals surface area (Å²) in [6.07, 6.45) is 1.40. The minimum absolute atomic E-state index is 0.120. The Labute approximate surface area is 73.0 Å². The lowest BCUT2D eigenvalue weighted by atomic mass is 9.84. The zero-order valence-corrected chi connectivity index (χ0v) is 8.16. The number of hydrogen-bond donors (Lipinski definition) is 0. The van der Waals surface area contributed by atoms with Crippen LogP contribution < -0.4 is 0 Å². The molecule has 1 atom stereocenters. The van der Waals surface area contributed by atoms with Gasteiger partial charge in [0, 0.05) is 0 Å². The first-order valence-electron chi connectivity index (χ1n) is 4.18. The molecule has 0 radical (unpaired) electrons. The van der Waals surface area contributed by atoms with E-state index in [-0.39, 0.29) is 11.5 Å². The molecule has 0 bridgehead atoms. The lowest BCUT2D eigenvalue weighted by Gasteiger charge is -2.25. The Bertz CT molecular complexity index is 156. The number of hydrogen-bond acceptors (Lipinski definition) is 3. The summed E-state index contributed by atoms with van der Waals surface area (Å²) in [6, 6.07) is 0. The van der Waals surface area contributed by atoms with E-state index in [0.29, 0.717) is 6.42 Å². The van der Waals surface area contributed by atoms with Gasteiger partial charge in [0.05, 0.1) is 0 Å². The second-order valence-electron chi connectivity index (χ2n) is 3.86. The van der Waals surface area contributed by atoms with Gasteiger partial charge in [0.1, 0.15) is 6.10 Å². The van der Waals surface area contributed by atoms with E-state index in [1.54, 1.807) is 6.92 Å². The summed E-state index contributed by atoms with van der Waals surface area (Å²) < 4.78 is 0. The highest BCUT2D eigenvalue weighted by atomic mass is 17.0. The first-order chi connectivity index (χ1) is 5.37. The molecule has 0 fully saturated rings. The van der Waals surface area contributed by atoms with Gasteiger partial charge in [-0.15, -0.1) is 10.1 Å². The van der Waals surface area contributed by atoms with Crippen molar-refractivity contribution in [1.29, 1.82) is 0 Å². The van der Waals surface area contributed by atoms with Crippen molar-refractivity contribution in [2.24, 2.45) is 5.41 Å². The minimum Gasteiger partial charge on any atom is -0.311 e. The van der Waals surface area contributed by atoms with Gasteiger partial charge in [-0.3, -0.25) is 0 Å². The van der Waals surface area contributed by atoms with Gasteiger partial charge < -0.3 is 4.84 Å². The fourth-order valence-electron chi connectivity index (χ4n) is 1.11. The van der Waals surface area contributed by atoms with E-state index in [2.05, 4.69) is 25.6 Å². The van der Waals surface area contributed by atoms with Gasteiger partial charge in [-0.2, -0.15) is 0 Å². The molecule has 0 aliphatic heterocycles. The molecule has 0 aromatic heterocycles. The molecular formula is C8H17NO3. The van der Waals surface area contributed by atoms with Crippen molar-refractivity contribution in [2.75, 3.05) is 0 Å². The Morgan fingerprint density at radius 3 is 2.42 bits per heavy atom. The van der Waals surface area contributed by atoms with Gasteiger partial charge in [-0.1, -0.05) is 27.2 Å². The molecule has 0 saturated carbocycles. The van der Waals surface area contributed by atoms with Crippen molar-refractivity contribution < 1.29 is 9.92 Å². The zero-order valence-electron chi connectivity index (χ0n) is 8.16. The largest absolute Gasteiger partial charge is 0.311 e. The molecule has 0 N–H and O–H groups in total. The minimum atomic E-state index is -0.726. The van der Waals surface area contributed by atoms with Crippen LogP contribution in [0.15, 0.2) is 0 Å². The van der Waals surface area contributed by atoms with Crippen molar-refractivity contribution in [3.8, 4) is 0 Å². The highest BCUT2D eigenvalue weighted by molar-refractivity contribution is 4.69. The molecule has 0 amide bonds. The lowest BCUT2D eigenvalue weighted by molar-refractivity contribution is -0.768. The molecule has 0 saturated heterocycles. The predicted molar refractivity (Wildman–Crippen MR) is 46.2 cm³/mol. The third-order valence-electron chi connectivity index (χ3n) is 2.06. The van der Waals surface area contributed by atoms with Gasteiger partial charge in [0.25, 0.3) is 5.09 Å². The van der Waals surface area contributed by atoms with Crippen molar-refractivity contribution in [3.05, 3.63) is 10.1 Å².